The van der Waals surface area contributed by atoms with Gasteiger partial charge in [0, 0.05) is 6.42 Å². The summed E-state index contributed by atoms with van der Waals surface area (Å²) in [5.41, 5.74) is 0. The van der Waals surface area contributed by atoms with E-state index in [1.165, 1.54) is 11.8 Å². The number of carboxylic acids is 1. The molecule has 72 valence electrons. The molecule has 0 bridgehead atoms. The standard InChI is InChI=1S/C7H12F2O2S/c8-6(9)3-1-2-4-12-5-7(10)11/h6H,1-5H2,(H,10,11). The quantitative estimate of drug-likeness (QED) is 0.637. The van der Waals surface area contributed by atoms with Gasteiger partial charge in [-0.2, -0.15) is 11.8 Å². The fraction of sp³-hybridized carbons (Fsp3) is 0.857. The number of halogens is 2. The fourth-order valence-corrected chi connectivity index (χ4v) is 1.39. The maximum atomic E-state index is 11.6. The van der Waals surface area contributed by atoms with Gasteiger partial charge in [-0.3, -0.25) is 4.79 Å². The van der Waals surface area contributed by atoms with Crippen LogP contribution in [0.25, 0.3) is 0 Å². The average Bonchev–Trinajstić information content (AvgIpc) is 1.95. The number of carboxylic acid groups (broad SMARTS) is 1. The van der Waals surface area contributed by atoms with Gasteiger partial charge in [-0.05, 0) is 18.6 Å². The van der Waals surface area contributed by atoms with Gasteiger partial charge in [0.05, 0.1) is 5.75 Å². The minimum atomic E-state index is -2.23. The van der Waals surface area contributed by atoms with Gasteiger partial charge in [0.1, 0.15) is 0 Å². The predicted octanol–water partition coefficient (Wildman–Crippen LogP) is 2.24. The molecule has 0 heterocycles. The first kappa shape index (κ1) is 11.7. The maximum Gasteiger partial charge on any atom is 0.313 e. The molecule has 2 nitrogen and oxygen atoms in total. The molecule has 1 N–H and O–H groups in total. The first-order valence-electron chi connectivity index (χ1n) is 3.70. The van der Waals surface area contributed by atoms with Crippen LogP contribution in [0.2, 0.25) is 0 Å². The number of thioether (sulfide) groups is 1. The number of unbranched alkanes of at least 4 members (excludes halogenated alkanes) is 1. The van der Waals surface area contributed by atoms with Crippen molar-refractivity contribution < 1.29 is 18.7 Å². The molecule has 0 unspecified atom stereocenters. The van der Waals surface area contributed by atoms with Crippen molar-refractivity contribution in [3.8, 4) is 0 Å². The molecule has 5 heteroatoms. The first-order chi connectivity index (χ1) is 5.63. The van der Waals surface area contributed by atoms with Crippen LogP contribution in [0.5, 0.6) is 0 Å². The summed E-state index contributed by atoms with van der Waals surface area (Å²) in [4.78, 5) is 10.00. The second-order valence-electron chi connectivity index (χ2n) is 2.33. The lowest BCUT2D eigenvalue weighted by Crippen LogP contribution is -1.99. The molecule has 0 aromatic carbocycles. The van der Waals surface area contributed by atoms with Gasteiger partial charge in [-0.15, -0.1) is 0 Å². The normalized spacial score (nSPS) is 10.6. The van der Waals surface area contributed by atoms with Crippen molar-refractivity contribution in [3.63, 3.8) is 0 Å². The van der Waals surface area contributed by atoms with Crippen LogP contribution >= 0.6 is 11.8 Å². The van der Waals surface area contributed by atoms with Crippen molar-refractivity contribution in [1.29, 1.82) is 0 Å². The van der Waals surface area contributed by atoms with Gasteiger partial charge in [-0.1, -0.05) is 0 Å². The van der Waals surface area contributed by atoms with Crippen LogP contribution in [0, 0.1) is 0 Å². The Morgan fingerprint density at radius 3 is 2.58 bits per heavy atom. The van der Waals surface area contributed by atoms with Crippen molar-refractivity contribution in [2.24, 2.45) is 0 Å². The number of aliphatic carboxylic acids is 1. The fourth-order valence-electron chi connectivity index (χ4n) is 0.662. The van der Waals surface area contributed by atoms with Crippen LogP contribution in [0.4, 0.5) is 8.78 Å². The van der Waals surface area contributed by atoms with Crippen LogP contribution in [0.15, 0.2) is 0 Å². The molecule has 12 heavy (non-hydrogen) atoms. The van der Waals surface area contributed by atoms with Crippen LogP contribution < -0.4 is 0 Å². The van der Waals surface area contributed by atoms with E-state index < -0.39 is 12.4 Å². The van der Waals surface area contributed by atoms with Crippen LogP contribution in [0.3, 0.4) is 0 Å². The Bertz CT molecular complexity index is 131. The van der Waals surface area contributed by atoms with Crippen molar-refractivity contribution in [1.82, 2.24) is 0 Å². The highest BCUT2D eigenvalue weighted by atomic mass is 32.2. The van der Waals surface area contributed by atoms with E-state index >= 15 is 0 Å². The molecule has 0 aliphatic carbocycles. The van der Waals surface area contributed by atoms with E-state index in [2.05, 4.69) is 0 Å². The van der Waals surface area contributed by atoms with Crippen LogP contribution in [-0.2, 0) is 4.79 Å². The smallest absolute Gasteiger partial charge is 0.313 e. The first-order valence-corrected chi connectivity index (χ1v) is 4.86. The molecular weight excluding hydrogens is 186 g/mol. The largest absolute Gasteiger partial charge is 0.481 e. The van der Waals surface area contributed by atoms with E-state index in [9.17, 15) is 13.6 Å². The van der Waals surface area contributed by atoms with Gasteiger partial charge in [0.2, 0.25) is 6.43 Å². The topological polar surface area (TPSA) is 37.3 Å². The zero-order valence-corrected chi connectivity index (χ0v) is 7.45. The third-order valence-corrected chi connectivity index (χ3v) is 2.21. The third-order valence-electron chi connectivity index (χ3n) is 1.19. The molecule has 0 aliphatic heterocycles. The van der Waals surface area contributed by atoms with Gasteiger partial charge >= 0.3 is 5.97 Å². The molecule has 0 radical (unpaired) electrons. The van der Waals surface area contributed by atoms with Crippen molar-refractivity contribution in [2.75, 3.05) is 11.5 Å². The average molecular weight is 198 g/mol. The Kier molecular flexibility index (Phi) is 7.14. The van der Waals surface area contributed by atoms with Crippen molar-refractivity contribution in [3.05, 3.63) is 0 Å². The Morgan fingerprint density at radius 2 is 2.08 bits per heavy atom. The highest BCUT2D eigenvalue weighted by Crippen LogP contribution is 2.09. The third kappa shape index (κ3) is 9.68. The Labute approximate surface area is 74.3 Å². The summed E-state index contributed by atoms with van der Waals surface area (Å²) >= 11 is 1.27. The lowest BCUT2D eigenvalue weighted by atomic mass is 10.3. The summed E-state index contributed by atoms with van der Waals surface area (Å²) in [6.45, 7) is 0. The van der Waals surface area contributed by atoms with E-state index in [0.717, 1.165) is 0 Å². The summed E-state index contributed by atoms with van der Waals surface area (Å²) in [6, 6.07) is 0. The minimum Gasteiger partial charge on any atom is -0.481 e. The van der Waals surface area contributed by atoms with Gasteiger partial charge in [-0.25, -0.2) is 8.78 Å². The molecule has 0 atom stereocenters. The predicted molar refractivity (Wildman–Crippen MR) is 44.8 cm³/mol. The maximum absolute atomic E-state index is 11.6. The lowest BCUT2D eigenvalue weighted by molar-refractivity contribution is -0.133. The van der Waals surface area contributed by atoms with Gasteiger partial charge in [0.25, 0.3) is 0 Å². The molecule has 0 aliphatic rings. The van der Waals surface area contributed by atoms with Crippen LogP contribution in [-0.4, -0.2) is 29.0 Å². The minimum absolute atomic E-state index is 0.0642. The van der Waals surface area contributed by atoms with E-state index in [-0.39, 0.29) is 12.2 Å². The Hall–Kier alpha value is -0.320. The number of alkyl halides is 2. The Morgan fingerprint density at radius 1 is 1.42 bits per heavy atom. The zero-order chi connectivity index (χ0) is 9.40. The van der Waals surface area contributed by atoms with Crippen molar-refractivity contribution in [2.45, 2.75) is 25.7 Å². The monoisotopic (exact) mass is 198 g/mol. The van der Waals surface area contributed by atoms with E-state index in [1.807, 2.05) is 0 Å². The summed E-state index contributed by atoms with van der Waals surface area (Å²) in [7, 11) is 0. The lowest BCUT2D eigenvalue weighted by Gasteiger charge is -1.98. The summed E-state index contributed by atoms with van der Waals surface area (Å²) < 4.78 is 23.1. The van der Waals surface area contributed by atoms with Gasteiger partial charge < -0.3 is 5.11 Å². The number of hydrogen-bond donors (Lipinski definition) is 1. The number of rotatable bonds is 7. The van der Waals surface area contributed by atoms with Crippen LogP contribution in [0.1, 0.15) is 19.3 Å². The second kappa shape index (κ2) is 7.34. The molecular formula is C7H12F2O2S. The molecule has 0 spiro atoms. The van der Waals surface area contributed by atoms with Gasteiger partial charge in [0.15, 0.2) is 0 Å². The Balaban J connectivity index is 2.96. The summed E-state index contributed by atoms with van der Waals surface area (Å²) in [5.74, 6) is -0.137. The second-order valence-corrected chi connectivity index (χ2v) is 3.44. The molecule has 0 aromatic rings. The molecule has 0 amide bonds. The van der Waals surface area contributed by atoms with E-state index in [0.29, 0.717) is 18.6 Å². The highest BCUT2D eigenvalue weighted by Gasteiger charge is 2.01. The molecule has 0 fully saturated rings. The number of hydrogen-bond acceptors (Lipinski definition) is 2. The molecule has 0 aromatic heterocycles. The SMILES string of the molecule is O=C(O)CSCCCCC(F)F. The summed E-state index contributed by atoms with van der Waals surface area (Å²) in [6.07, 6.45) is -1.16. The van der Waals surface area contributed by atoms with E-state index in [4.69, 9.17) is 5.11 Å². The summed E-state index contributed by atoms with van der Waals surface area (Å²) in [5, 5.41) is 8.22. The molecule has 0 saturated heterocycles. The number of carbonyl (C=O) groups is 1. The zero-order valence-electron chi connectivity index (χ0n) is 6.63. The highest BCUT2D eigenvalue weighted by molar-refractivity contribution is 7.99. The molecule has 0 saturated carbocycles. The van der Waals surface area contributed by atoms with E-state index in [1.54, 1.807) is 0 Å². The molecule has 0 rings (SSSR count). The van der Waals surface area contributed by atoms with Crippen molar-refractivity contribution >= 4 is 17.7 Å².